The average molecular weight is 249 g/mol. The van der Waals surface area contributed by atoms with Gasteiger partial charge in [-0.3, -0.25) is 0 Å². The van der Waals surface area contributed by atoms with Gasteiger partial charge in [0.2, 0.25) is 0 Å². The molecule has 4 heteroatoms. The molecule has 1 heterocycles. The fourth-order valence-electron chi connectivity index (χ4n) is 2.41. The molecule has 1 fully saturated rings. The Labute approximate surface area is 106 Å². The molecule has 0 radical (unpaired) electrons. The molecule has 1 saturated heterocycles. The Morgan fingerprint density at radius 2 is 2.17 bits per heavy atom. The van der Waals surface area contributed by atoms with Crippen molar-refractivity contribution in [1.82, 2.24) is 5.32 Å². The molecule has 1 unspecified atom stereocenters. The van der Waals surface area contributed by atoms with Gasteiger partial charge >= 0.3 is 0 Å². The molecule has 1 aromatic carbocycles. The van der Waals surface area contributed by atoms with Gasteiger partial charge in [-0.25, -0.2) is 9.18 Å². The van der Waals surface area contributed by atoms with Crippen LogP contribution >= 0.6 is 0 Å². The van der Waals surface area contributed by atoms with Crippen molar-refractivity contribution in [2.45, 2.75) is 25.4 Å². The van der Waals surface area contributed by atoms with Gasteiger partial charge in [-0.2, -0.15) is 0 Å². The van der Waals surface area contributed by atoms with Gasteiger partial charge < -0.3 is 10.1 Å². The number of halogens is 1. The van der Waals surface area contributed by atoms with Gasteiger partial charge in [-0.05, 0) is 31.0 Å². The molecule has 0 amide bonds. The van der Waals surface area contributed by atoms with Gasteiger partial charge in [0.15, 0.2) is 0 Å². The molecule has 1 aromatic rings. The van der Waals surface area contributed by atoms with E-state index in [1.807, 2.05) is 12.9 Å². The second kappa shape index (κ2) is 5.34. The van der Waals surface area contributed by atoms with Crippen molar-refractivity contribution >= 4 is 5.94 Å². The van der Waals surface area contributed by atoms with Crippen molar-refractivity contribution in [1.29, 1.82) is 0 Å². The molecular weight excluding hydrogens is 233 g/mol. The summed E-state index contributed by atoms with van der Waals surface area (Å²) in [7, 11) is 0. The highest BCUT2D eigenvalue weighted by atomic mass is 19.1. The molecule has 1 N–H and O–H groups in total. The van der Waals surface area contributed by atoms with Gasteiger partial charge in [-0.15, -0.1) is 0 Å². The van der Waals surface area contributed by atoms with Crippen molar-refractivity contribution in [3.05, 3.63) is 41.3 Å². The summed E-state index contributed by atoms with van der Waals surface area (Å²) in [5.74, 6) is 1.63. The molecule has 0 bridgehead atoms. The Kier molecular flexibility index (Phi) is 3.80. The minimum atomic E-state index is -0.541. The van der Waals surface area contributed by atoms with Crippen molar-refractivity contribution in [3.8, 4) is 0 Å². The first-order chi connectivity index (χ1) is 8.70. The third kappa shape index (κ3) is 2.45. The molecule has 1 aliphatic heterocycles. The van der Waals surface area contributed by atoms with Crippen LogP contribution < -0.4 is 5.32 Å². The zero-order chi connectivity index (χ0) is 13.0. The zero-order valence-electron chi connectivity index (χ0n) is 10.3. The van der Waals surface area contributed by atoms with Crippen LogP contribution in [0.1, 0.15) is 25.3 Å². The molecule has 2 rings (SSSR count). The lowest BCUT2D eigenvalue weighted by Crippen LogP contribution is -2.41. The summed E-state index contributed by atoms with van der Waals surface area (Å²) in [5.41, 5.74) is 0.875. The Hall–Kier alpha value is -1.64. The summed E-state index contributed by atoms with van der Waals surface area (Å²) in [5, 5.41) is 3.00. The molecule has 3 nitrogen and oxygen atoms in total. The highest BCUT2D eigenvalue weighted by molar-refractivity contribution is 5.53. The van der Waals surface area contributed by atoms with Crippen LogP contribution in [0, 0.1) is 5.82 Å². The lowest BCUT2D eigenvalue weighted by atomic mass is 9.83. The van der Waals surface area contributed by atoms with E-state index in [9.17, 15) is 9.18 Å². The average Bonchev–Trinajstić information content (AvgIpc) is 2.40. The molecule has 0 aliphatic carbocycles. The van der Waals surface area contributed by atoms with Gasteiger partial charge in [0.05, 0.1) is 5.70 Å². The van der Waals surface area contributed by atoms with Crippen LogP contribution in [0.3, 0.4) is 0 Å². The minimum absolute atomic E-state index is 0.273. The fraction of sp³-hybridized carbons (Fsp3) is 0.429. The summed E-state index contributed by atoms with van der Waals surface area (Å²) < 4.78 is 18.9. The lowest BCUT2D eigenvalue weighted by Gasteiger charge is -2.38. The van der Waals surface area contributed by atoms with Crippen molar-refractivity contribution in [3.63, 3.8) is 0 Å². The van der Waals surface area contributed by atoms with Gasteiger partial charge in [0, 0.05) is 19.6 Å². The minimum Gasteiger partial charge on any atom is -0.379 e. The van der Waals surface area contributed by atoms with Crippen LogP contribution in [-0.4, -0.2) is 19.1 Å². The van der Waals surface area contributed by atoms with E-state index in [0.717, 1.165) is 12.0 Å². The Morgan fingerprint density at radius 3 is 2.78 bits per heavy atom. The Bertz CT molecular complexity index is 461. The standard InChI is InChI=1S/C14H16FNO2/c1-2-18-14(7-8-16-13(9-14)10-17)11-3-5-12(15)6-4-11/h3-6,16H,2,7-9H2,1H3. The fourth-order valence-corrected chi connectivity index (χ4v) is 2.41. The molecule has 0 spiro atoms. The summed E-state index contributed by atoms with van der Waals surface area (Å²) in [6.45, 7) is 3.11. The number of benzene rings is 1. The highest BCUT2D eigenvalue weighted by Crippen LogP contribution is 2.37. The zero-order valence-corrected chi connectivity index (χ0v) is 10.3. The quantitative estimate of drug-likeness (QED) is 0.834. The van der Waals surface area contributed by atoms with Gasteiger partial charge in [-0.1, -0.05) is 12.1 Å². The van der Waals surface area contributed by atoms with E-state index >= 15 is 0 Å². The monoisotopic (exact) mass is 249 g/mol. The van der Waals surface area contributed by atoms with E-state index < -0.39 is 5.60 Å². The molecule has 0 aromatic heterocycles. The molecular formula is C14H16FNO2. The summed E-state index contributed by atoms with van der Waals surface area (Å²) >= 11 is 0. The van der Waals surface area contributed by atoms with Crippen LogP contribution in [0.4, 0.5) is 4.39 Å². The number of piperidine rings is 1. The van der Waals surface area contributed by atoms with Crippen molar-refractivity contribution in [2.75, 3.05) is 13.2 Å². The summed E-state index contributed by atoms with van der Waals surface area (Å²) in [6, 6.07) is 6.28. The van der Waals surface area contributed by atoms with Gasteiger partial charge in [0.25, 0.3) is 0 Å². The number of carbonyl (C=O) groups excluding carboxylic acids is 1. The van der Waals surface area contributed by atoms with E-state index in [1.165, 1.54) is 12.1 Å². The topological polar surface area (TPSA) is 38.3 Å². The van der Waals surface area contributed by atoms with Gasteiger partial charge in [0.1, 0.15) is 17.4 Å². The molecule has 0 saturated carbocycles. The second-order valence-electron chi connectivity index (χ2n) is 4.37. The number of hydrogen-bond acceptors (Lipinski definition) is 3. The van der Waals surface area contributed by atoms with E-state index in [2.05, 4.69) is 5.32 Å². The van der Waals surface area contributed by atoms with Crippen LogP contribution in [0.2, 0.25) is 0 Å². The normalized spacial score (nSPS) is 23.3. The third-order valence-corrected chi connectivity index (χ3v) is 3.24. The summed E-state index contributed by atoms with van der Waals surface area (Å²) in [6.07, 6.45) is 1.20. The number of nitrogens with one attached hydrogen (secondary N) is 1. The van der Waals surface area contributed by atoms with Crippen LogP contribution in [0.25, 0.3) is 0 Å². The predicted molar refractivity (Wildman–Crippen MR) is 66.1 cm³/mol. The smallest absolute Gasteiger partial charge is 0.145 e. The summed E-state index contributed by atoms with van der Waals surface area (Å²) in [4.78, 5) is 10.8. The predicted octanol–water partition coefficient (Wildman–Crippen LogP) is 2.16. The molecule has 18 heavy (non-hydrogen) atoms. The van der Waals surface area contributed by atoms with E-state index in [1.54, 1.807) is 12.1 Å². The van der Waals surface area contributed by atoms with Crippen LogP contribution in [-0.2, 0) is 15.1 Å². The maximum absolute atomic E-state index is 13.0. The van der Waals surface area contributed by atoms with E-state index in [4.69, 9.17) is 4.74 Å². The number of hydrogen-bond donors (Lipinski definition) is 1. The van der Waals surface area contributed by atoms with Crippen LogP contribution in [0.5, 0.6) is 0 Å². The molecule has 96 valence electrons. The maximum Gasteiger partial charge on any atom is 0.145 e. The van der Waals surface area contributed by atoms with E-state index in [0.29, 0.717) is 25.3 Å². The van der Waals surface area contributed by atoms with Crippen LogP contribution in [0.15, 0.2) is 30.0 Å². The first-order valence-corrected chi connectivity index (χ1v) is 6.08. The van der Waals surface area contributed by atoms with Crippen molar-refractivity contribution < 1.29 is 13.9 Å². The number of ether oxygens (including phenoxy) is 1. The number of rotatable bonds is 3. The first-order valence-electron chi connectivity index (χ1n) is 6.08. The SMILES string of the molecule is CCOC1(c2ccc(F)cc2)CCNC(=C=O)C1. The Balaban J connectivity index is 2.36. The molecule has 1 atom stereocenters. The second-order valence-corrected chi connectivity index (χ2v) is 4.37. The lowest BCUT2D eigenvalue weighted by molar-refractivity contribution is -0.0577. The van der Waals surface area contributed by atoms with Crippen molar-refractivity contribution in [2.24, 2.45) is 0 Å². The Morgan fingerprint density at radius 1 is 1.44 bits per heavy atom. The maximum atomic E-state index is 13.0. The molecule has 1 aliphatic rings. The first kappa shape index (κ1) is 12.8. The highest BCUT2D eigenvalue weighted by Gasteiger charge is 2.37. The largest absolute Gasteiger partial charge is 0.379 e. The van der Waals surface area contributed by atoms with E-state index in [-0.39, 0.29) is 5.82 Å². The third-order valence-electron chi connectivity index (χ3n) is 3.24.